The maximum atomic E-state index is 12.4. The first-order valence-corrected chi connectivity index (χ1v) is 6.52. The molecule has 0 atom stereocenters. The minimum absolute atomic E-state index is 0.486. The van der Waals surface area contributed by atoms with E-state index in [0.717, 1.165) is 25.4 Å². The second-order valence-electron chi connectivity index (χ2n) is 4.72. The molecule has 0 bridgehead atoms. The van der Waals surface area contributed by atoms with Gasteiger partial charge in [-0.15, -0.1) is 0 Å². The van der Waals surface area contributed by atoms with Gasteiger partial charge in [-0.05, 0) is 31.5 Å². The van der Waals surface area contributed by atoms with Crippen LogP contribution in [0.3, 0.4) is 0 Å². The van der Waals surface area contributed by atoms with Gasteiger partial charge in [0.25, 0.3) is 0 Å². The number of hydrogen-bond acceptors (Lipinski definition) is 3. The molecular formula is C13H18F3N3. The Morgan fingerprint density at radius 3 is 2.58 bits per heavy atom. The highest BCUT2D eigenvalue weighted by Gasteiger charge is 2.30. The molecule has 0 unspecified atom stereocenters. The Kier molecular flexibility index (Phi) is 4.29. The summed E-state index contributed by atoms with van der Waals surface area (Å²) in [7, 11) is 0. The standard InChI is InChI=1S/C13H18F3N3/c1-2-19(11-4-5-11)8-7-17-12-6-3-10(9-18-12)13(14,15)16/h3,6,9,11H,2,4-5,7-8H2,1H3,(H,17,18). The number of hydrogen-bond donors (Lipinski definition) is 1. The minimum Gasteiger partial charge on any atom is -0.369 e. The summed E-state index contributed by atoms with van der Waals surface area (Å²) in [6.45, 7) is 4.72. The molecule has 1 N–H and O–H groups in total. The second-order valence-corrected chi connectivity index (χ2v) is 4.72. The predicted molar refractivity (Wildman–Crippen MR) is 68.0 cm³/mol. The van der Waals surface area contributed by atoms with Crippen molar-refractivity contribution >= 4 is 5.82 Å². The van der Waals surface area contributed by atoms with Crippen LogP contribution in [0.1, 0.15) is 25.3 Å². The van der Waals surface area contributed by atoms with E-state index in [-0.39, 0.29) is 0 Å². The lowest BCUT2D eigenvalue weighted by Gasteiger charge is -2.19. The van der Waals surface area contributed by atoms with Crippen molar-refractivity contribution in [3.05, 3.63) is 23.9 Å². The van der Waals surface area contributed by atoms with E-state index >= 15 is 0 Å². The third kappa shape index (κ3) is 4.09. The van der Waals surface area contributed by atoms with E-state index in [9.17, 15) is 13.2 Å². The first kappa shape index (κ1) is 14.1. The normalized spacial score (nSPS) is 15.8. The topological polar surface area (TPSA) is 28.2 Å². The number of halogens is 3. The molecule has 1 aromatic rings. The van der Waals surface area contributed by atoms with E-state index in [1.54, 1.807) is 0 Å². The largest absolute Gasteiger partial charge is 0.417 e. The third-order valence-electron chi connectivity index (χ3n) is 3.27. The molecule has 2 rings (SSSR count). The van der Waals surface area contributed by atoms with Crippen molar-refractivity contribution in [1.82, 2.24) is 9.88 Å². The fraction of sp³-hybridized carbons (Fsp3) is 0.615. The van der Waals surface area contributed by atoms with Crippen LogP contribution in [0.15, 0.2) is 18.3 Å². The van der Waals surface area contributed by atoms with Crippen LogP contribution < -0.4 is 5.32 Å². The van der Waals surface area contributed by atoms with Gasteiger partial charge in [0.2, 0.25) is 0 Å². The Labute approximate surface area is 110 Å². The molecule has 0 aromatic carbocycles. The van der Waals surface area contributed by atoms with Crippen LogP contribution in [0.2, 0.25) is 0 Å². The van der Waals surface area contributed by atoms with Gasteiger partial charge in [0, 0.05) is 25.3 Å². The summed E-state index contributed by atoms with van der Waals surface area (Å²) >= 11 is 0. The molecule has 106 valence electrons. The highest BCUT2D eigenvalue weighted by molar-refractivity contribution is 5.36. The lowest BCUT2D eigenvalue weighted by atomic mass is 10.3. The molecule has 1 fully saturated rings. The van der Waals surface area contributed by atoms with Crippen LogP contribution in [0.5, 0.6) is 0 Å². The molecule has 1 aliphatic carbocycles. The zero-order valence-corrected chi connectivity index (χ0v) is 10.9. The maximum absolute atomic E-state index is 12.4. The minimum atomic E-state index is -4.32. The van der Waals surface area contributed by atoms with Gasteiger partial charge in [-0.1, -0.05) is 6.92 Å². The van der Waals surface area contributed by atoms with E-state index in [0.29, 0.717) is 18.4 Å². The summed E-state index contributed by atoms with van der Waals surface area (Å²) < 4.78 is 37.1. The molecule has 0 radical (unpaired) electrons. The number of anilines is 1. The smallest absolute Gasteiger partial charge is 0.369 e. The lowest BCUT2D eigenvalue weighted by Crippen LogP contribution is -2.31. The number of likely N-dealkylation sites (N-methyl/N-ethyl adjacent to an activating group) is 1. The van der Waals surface area contributed by atoms with E-state index in [1.807, 2.05) is 0 Å². The van der Waals surface area contributed by atoms with E-state index in [1.165, 1.54) is 18.9 Å². The van der Waals surface area contributed by atoms with Gasteiger partial charge < -0.3 is 5.32 Å². The molecule has 0 amide bonds. The van der Waals surface area contributed by atoms with Crippen LogP contribution in [0.4, 0.5) is 19.0 Å². The summed E-state index contributed by atoms with van der Waals surface area (Å²) in [6, 6.07) is 3.12. The quantitative estimate of drug-likeness (QED) is 0.863. The van der Waals surface area contributed by atoms with E-state index in [2.05, 4.69) is 22.1 Å². The van der Waals surface area contributed by atoms with Gasteiger partial charge in [-0.2, -0.15) is 13.2 Å². The Morgan fingerprint density at radius 2 is 2.11 bits per heavy atom. The van der Waals surface area contributed by atoms with Crippen LogP contribution in [0.25, 0.3) is 0 Å². The first-order chi connectivity index (χ1) is 9.00. The van der Waals surface area contributed by atoms with Crippen molar-refractivity contribution in [2.45, 2.75) is 32.0 Å². The van der Waals surface area contributed by atoms with Gasteiger partial charge in [0.05, 0.1) is 5.56 Å². The number of pyridine rings is 1. The van der Waals surface area contributed by atoms with Crippen LogP contribution >= 0.6 is 0 Å². The number of nitrogens with one attached hydrogen (secondary N) is 1. The van der Waals surface area contributed by atoms with Gasteiger partial charge in [-0.25, -0.2) is 4.98 Å². The fourth-order valence-electron chi connectivity index (χ4n) is 2.03. The summed E-state index contributed by atoms with van der Waals surface area (Å²) in [5.41, 5.74) is -0.716. The number of aromatic nitrogens is 1. The molecule has 19 heavy (non-hydrogen) atoms. The van der Waals surface area contributed by atoms with Crippen LogP contribution in [-0.2, 0) is 6.18 Å². The second kappa shape index (κ2) is 5.77. The fourth-order valence-corrected chi connectivity index (χ4v) is 2.03. The Balaban J connectivity index is 1.79. The third-order valence-corrected chi connectivity index (χ3v) is 3.27. The van der Waals surface area contributed by atoms with Crippen LogP contribution in [0, 0.1) is 0 Å². The molecule has 0 saturated heterocycles. The molecule has 1 heterocycles. The van der Waals surface area contributed by atoms with Crippen molar-refractivity contribution in [1.29, 1.82) is 0 Å². The molecule has 0 aliphatic heterocycles. The first-order valence-electron chi connectivity index (χ1n) is 6.52. The van der Waals surface area contributed by atoms with Crippen LogP contribution in [-0.4, -0.2) is 35.6 Å². The number of alkyl halides is 3. The Morgan fingerprint density at radius 1 is 1.37 bits per heavy atom. The van der Waals surface area contributed by atoms with Crippen molar-refractivity contribution < 1.29 is 13.2 Å². The average molecular weight is 273 g/mol. The molecular weight excluding hydrogens is 255 g/mol. The zero-order valence-electron chi connectivity index (χ0n) is 10.9. The molecule has 6 heteroatoms. The molecule has 1 aromatic heterocycles. The van der Waals surface area contributed by atoms with E-state index in [4.69, 9.17) is 0 Å². The maximum Gasteiger partial charge on any atom is 0.417 e. The lowest BCUT2D eigenvalue weighted by molar-refractivity contribution is -0.137. The van der Waals surface area contributed by atoms with Gasteiger partial charge in [0.1, 0.15) is 5.82 Å². The van der Waals surface area contributed by atoms with Gasteiger partial charge >= 0.3 is 6.18 Å². The predicted octanol–water partition coefficient (Wildman–Crippen LogP) is 3.00. The Bertz CT molecular complexity index is 399. The summed E-state index contributed by atoms with van der Waals surface area (Å²) in [4.78, 5) is 6.15. The SMILES string of the molecule is CCN(CCNc1ccc(C(F)(F)F)cn1)C1CC1. The van der Waals surface area contributed by atoms with Crippen molar-refractivity contribution in [2.75, 3.05) is 25.0 Å². The van der Waals surface area contributed by atoms with E-state index < -0.39 is 11.7 Å². The average Bonchev–Trinajstić information content (AvgIpc) is 3.18. The zero-order chi connectivity index (χ0) is 13.9. The summed E-state index contributed by atoms with van der Waals surface area (Å²) in [6.07, 6.45) is -0.948. The molecule has 3 nitrogen and oxygen atoms in total. The van der Waals surface area contributed by atoms with Gasteiger partial charge in [-0.3, -0.25) is 4.90 Å². The highest BCUT2D eigenvalue weighted by Crippen LogP contribution is 2.29. The number of nitrogens with zero attached hydrogens (tertiary/aromatic N) is 2. The monoisotopic (exact) mass is 273 g/mol. The van der Waals surface area contributed by atoms with Crippen molar-refractivity contribution in [2.24, 2.45) is 0 Å². The molecule has 1 saturated carbocycles. The highest BCUT2D eigenvalue weighted by atomic mass is 19.4. The summed E-state index contributed by atoms with van der Waals surface area (Å²) in [5, 5.41) is 3.05. The van der Waals surface area contributed by atoms with Gasteiger partial charge in [0.15, 0.2) is 0 Å². The van der Waals surface area contributed by atoms with Crippen molar-refractivity contribution in [3.63, 3.8) is 0 Å². The molecule has 0 spiro atoms. The summed E-state index contributed by atoms with van der Waals surface area (Å²) in [5.74, 6) is 0.486. The number of rotatable bonds is 6. The van der Waals surface area contributed by atoms with Crippen molar-refractivity contribution in [3.8, 4) is 0 Å². The molecule has 1 aliphatic rings. The Hall–Kier alpha value is -1.30.